The number of fused-ring (bicyclic) bond motifs is 3. The minimum Gasteiger partial charge on any atom is -0.364 e. The van der Waals surface area contributed by atoms with Gasteiger partial charge in [0.15, 0.2) is 0 Å². The molecule has 1 amide bonds. The van der Waals surface area contributed by atoms with Gasteiger partial charge in [-0.25, -0.2) is 0 Å². The molecule has 0 fully saturated rings. The van der Waals surface area contributed by atoms with Crippen molar-refractivity contribution in [3.05, 3.63) is 34.2 Å². The number of aryl methyl sites for hydroxylation is 1. The second kappa shape index (κ2) is 8.24. The second-order valence-corrected chi connectivity index (χ2v) is 7.75. The molecule has 0 aromatic carbocycles. The number of nitrogens with one attached hydrogen (secondary N) is 3. The summed E-state index contributed by atoms with van der Waals surface area (Å²) in [5, 5.41) is 18.9. The molecule has 0 saturated carbocycles. The molecule has 0 atom stereocenters. The number of nitrogens with zero attached hydrogens (tertiary/aromatic N) is 4. The molecule has 1 aliphatic carbocycles. The van der Waals surface area contributed by atoms with E-state index in [1.54, 1.807) is 11.7 Å². The van der Waals surface area contributed by atoms with E-state index in [1.807, 2.05) is 0 Å². The molecule has 148 valence electrons. The molecule has 9 heteroatoms. The molecular weight excluding hydrogens is 374 g/mol. The number of anilines is 1. The fourth-order valence-electron chi connectivity index (χ4n) is 3.84. The van der Waals surface area contributed by atoms with Crippen LogP contribution in [-0.4, -0.2) is 55.8 Å². The first kappa shape index (κ1) is 18.8. The van der Waals surface area contributed by atoms with Gasteiger partial charge in [0, 0.05) is 41.7 Å². The van der Waals surface area contributed by atoms with Crippen molar-refractivity contribution >= 4 is 22.4 Å². The maximum Gasteiger partial charge on any atom is 0.259 e. The molecule has 3 N–H and O–H groups in total. The molecule has 3 aromatic rings. The van der Waals surface area contributed by atoms with Crippen molar-refractivity contribution < 1.29 is 4.79 Å². The highest BCUT2D eigenvalue weighted by Crippen LogP contribution is 2.35. The van der Waals surface area contributed by atoms with Gasteiger partial charge in [0.05, 0.1) is 11.3 Å². The Morgan fingerprint density at radius 1 is 1.32 bits per heavy atom. The monoisotopic (exact) mass is 399 g/mol. The molecule has 0 aliphatic heterocycles. The molecule has 0 saturated heterocycles. The molecule has 8 nitrogen and oxygen atoms in total. The van der Waals surface area contributed by atoms with E-state index in [0.717, 1.165) is 62.3 Å². The van der Waals surface area contributed by atoms with Crippen LogP contribution < -0.4 is 5.32 Å². The van der Waals surface area contributed by atoms with E-state index in [4.69, 9.17) is 0 Å². The minimum atomic E-state index is -0.185. The Morgan fingerprint density at radius 2 is 2.18 bits per heavy atom. The van der Waals surface area contributed by atoms with Crippen molar-refractivity contribution in [1.29, 1.82) is 0 Å². The van der Waals surface area contributed by atoms with Crippen LogP contribution >= 0.6 is 11.3 Å². The third-order valence-electron chi connectivity index (χ3n) is 5.40. The summed E-state index contributed by atoms with van der Waals surface area (Å²) >= 11 is 1.30. The number of aromatic nitrogens is 5. The summed E-state index contributed by atoms with van der Waals surface area (Å²) in [5.74, 6) is -0.185. The summed E-state index contributed by atoms with van der Waals surface area (Å²) < 4.78 is 0. The molecule has 3 aromatic heterocycles. The molecule has 0 unspecified atom stereocenters. The highest BCUT2D eigenvalue weighted by molar-refractivity contribution is 7.13. The Hall–Kier alpha value is -2.52. The quantitative estimate of drug-likeness (QED) is 0.567. The Bertz CT molecular complexity index is 940. The number of rotatable bonds is 7. The van der Waals surface area contributed by atoms with Crippen LogP contribution in [0.1, 0.15) is 47.6 Å². The summed E-state index contributed by atoms with van der Waals surface area (Å²) in [5.41, 5.74) is 7.53. The number of carbonyl (C=O) groups excluding carboxylic acids is 1. The molecule has 0 radical (unpaired) electrons. The highest BCUT2D eigenvalue weighted by Gasteiger charge is 2.27. The van der Waals surface area contributed by atoms with E-state index in [9.17, 15) is 4.79 Å². The van der Waals surface area contributed by atoms with Crippen LogP contribution in [0, 0.1) is 0 Å². The van der Waals surface area contributed by atoms with Crippen molar-refractivity contribution in [3.63, 3.8) is 0 Å². The standard InChI is InChI=1S/C19H25N7OS/c1-3-26(4-2)9-8-14-12-6-5-7-15-16(17(12)24-23-14)13(10-20-15)18(27)22-19-25-21-11-28-19/h10-11,20H,3-9H2,1-2H3,(H,23,24)(H,22,25,27). The van der Waals surface area contributed by atoms with Crippen LogP contribution in [0.5, 0.6) is 0 Å². The summed E-state index contributed by atoms with van der Waals surface area (Å²) in [7, 11) is 0. The zero-order valence-electron chi connectivity index (χ0n) is 16.2. The molecule has 1 aliphatic rings. The lowest BCUT2D eigenvalue weighted by atomic mass is 10.0. The van der Waals surface area contributed by atoms with Gasteiger partial charge in [0.25, 0.3) is 5.91 Å². The molecular formula is C19H25N7OS. The Labute approximate surface area is 167 Å². The summed E-state index contributed by atoms with van der Waals surface area (Å²) in [6.45, 7) is 7.47. The summed E-state index contributed by atoms with van der Waals surface area (Å²) in [6, 6.07) is 0. The number of aromatic amines is 2. The maximum absolute atomic E-state index is 12.8. The number of likely N-dealkylation sites (N-methyl/N-ethyl adjacent to an activating group) is 1. The van der Waals surface area contributed by atoms with Crippen LogP contribution in [0.25, 0.3) is 11.3 Å². The van der Waals surface area contributed by atoms with Crippen LogP contribution in [0.4, 0.5) is 5.13 Å². The van der Waals surface area contributed by atoms with E-state index in [0.29, 0.717) is 10.7 Å². The third kappa shape index (κ3) is 3.59. The smallest absolute Gasteiger partial charge is 0.259 e. The topological polar surface area (TPSA) is 103 Å². The van der Waals surface area contributed by atoms with Gasteiger partial charge < -0.3 is 9.88 Å². The highest BCUT2D eigenvalue weighted by atomic mass is 32.1. The zero-order chi connectivity index (χ0) is 19.5. The van der Waals surface area contributed by atoms with Crippen molar-refractivity contribution in [2.45, 2.75) is 39.5 Å². The zero-order valence-corrected chi connectivity index (χ0v) is 17.0. The van der Waals surface area contributed by atoms with Crippen LogP contribution in [0.15, 0.2) is 11.7 Å². The fraction of sp³-hybridized carbons (Fsp3) is 0.474. The van der Waals surface area contributed by atoms with Gasteiger partial charge in [-0.3, -0.25) is 15.2 Å². The predicted molar refractivity (Wildman–Crippen MR) is 110 cm³/mol. The van der Waals surface area contributed by atoms with Crippen LogP contribution in [-0.2, 0) is 19.3 Å². The van der Waals surface area contributed by atoms with E-state index >= 15 is 0 Å². The average molecular weight is 400 g/mol. The minimum absolute atomic E-state index is 0.185. The van der Waals surface area contributed by atoms with Gasteiger partial charge in [0.1, 0.15) is 5.51 Å². The predicted octanol–water partition coefficient (Wildman–Crippen LogP) is 2.88. The maximum atomic E-state index is 12.8. The van der Waals surface area contributed by atoms with Crippen molar-refractivity contribution in [2.75, 3.05) is 25.0 Å². The Balaban J connectivity index is 1.63. The summed E-state index contributed by atoms with van der Waals surface area (Å²) in [4.78, 5) is 18.5. The van der Waals surface area contributed by atoms with Crippen LogP contribution in [0.3, 0.4) is 0 Å². The van der Waals surface area contributed by atoms with Gasteiger partial charge in [-0.15, -0.1) is 10.2 Å². The second-order valence-electron chi connectivity index (χ2n) is 6.91. The molecule has 3 heterocycles. The third-order valence-corrected chi connectivity index (χ3v) is 6.01. The van der Waals surface area contributed by atoms with Crippen molar-refractivity contribution in [3.8, 4) is 11.3 Å². The lowest BCUT2D eigenvalue weighted by Gasteiger charge is -2.17. The van der Waals surface area contributed by atoms with Gasteiger partial charge in [-0.05, 0) is 32.4 Å². The largest absolute Gasteiger partial charge is 0.364 e. The fourth-order valence-corrected chi connectivity index (χ4v) is 4.28. The SMILES string of the molecule is CCN(CC)CCc1[nH]nc2c1CCCc1[nH]cc(C(=O)Nc3nncs3)c1-2. The van der Waals surface area contributed by atoms with Crippen LogP contribution in [0.2, 0.25) is 0 Å². The van der Waals surface area contributed by atoms with Gasteiger partial charge in [-0.1, -0.05) is 25.2 Å². The first-order chi connectivity index (χ1) is 13.7. The molecule has 4 rings (SSSR count). The van der Waals surface area contributed by atoms with E-state index in [1.165, 1.54) is 22.6 Å². The van der Waals surface area contributed by atoms with Crippen molar-refractivity contribution in [2.24, 2.45) is 0 Å². The van der Waals surface area contributed by atoms with E-state index < -0.39 is 0 Å². The Morgan fingerprint density at radius 3 is 2.93 bits per heavy atom. The molecule has 0 spiro atoms. The van der Waals surface area contributed by atoms with E-state index in [2.05, 4.69) is 49.4 Å². The lowest BCUT2D eigenvalue weighted by molar-refractivity contribution is 0.102. The van der Waals surface area contributed by atoms with Gasteiger partial charge in [0.2, 0.25) is 5.13 Å². The number of amides is 1. The number of H-pyrrole nitrogens is 2. The Kier molecular flexibility index (Phi) is 5.54. The van der Waals surface area contributed by atoms with Crippen molar-refractivity contribution in [1.82, 2.24) is 30.3 Å². The number of carbonyl (C=O) groups is 1. The van der Waals surface area contributed by atoms with E-state index in [-0.39, 0.29) is 5.91 Å². The van der Waals surface area contributed by atoms with Gasteiger partial charge >= 0.3 is 0 Å². The normalized spacial score (nSPS) is 13.2. The first-order valence-corrected chi connectivity index (χ1v) is 10.7. The first-order valence-electron chi connectivity index (χ1n) is 9.77. The average Bonchev–Trinajstić information content (AvgIpc) is 3.41. The molecule has 28 heavy (non-hydrogen) atoms. The number of hydrogen-bond acceptors (Lipinski definition) is 6. The molecule has 0 bridgehead atoms. The number of hydrogen-bond donors (Lipinski definition) is 3. The summed E-state index contributed by atoms with van der Waals surface area (Å²) in [6.07, 6.45) is 5.64. The van der Waals surface area contributed by atoms with Gasteiger partial charge in [-0.2, -0.15) is 5.10 Å². The lowest BCUT2D eigenvalue weighted by Crippen LogP contribution is -2.25.